The van der Waals surface area contributed by atoms with E-state index in [9.17, 15) is 13.2 Å². The third-order valence-electron chi connectivity index (χ3n) is 2.87. The van der Waals surface area contributed by atoms with E-state index >= 15 is 0 Å². The first-order valence-corrected chi connectivity index (χ1v) is 6.75. The number of nitrogens with two attached hydrogens (primary N) is 1. The molecular weight excluding hydrogens is 335 g/mol. The van der Waals surface area contributed by atoms with Crippen molar-refractivity contribution < 1.29 is 17.9 Å². The van der Waals surface area contributed by atoms with Crippen LogP contribution in [0, 0.1) is 0 Å². The minimum atomic E-state index is -4.33. The zero-order valence-electron chi connectivity index (χ0n) is 10.5. The first-order chi connectivity index (χ1) is 9.38. The average molecular weight is 348 g/mol. The van der Waals surface area contributed by atoms with Crippen molar-refractivity contribution in [2.24, 2.45) is 5.73 Å². The van der Waals surface area contributed by atoms with E-state index in [4.69, 9.17) is 5.73 Å². The number of halogens is 4. The van der Waals surface area contributed by atoms with Crippen LogP contribution < -0.4 is 5.73 Å². The zero-order chi connectivity index (χ0) is 14.8. The molecule has 0 heterocycles. The lowest BCUT2D eigenvalue weighted by atomic mass is 10.00. The van der Waals surface area contributed by atoms with E-state index in [2.05, 4.69) is 20.7 Å². The van der Waals surface area contributed by atoms with Crippen LogP contribution in [0.5, 0.6) is 0 Å². The summed E-state index contributed by atoms with van der Waals surface area (Å²) in [7, 11) is 0. The predicted octanol–water partition coefficient (Wildman–Crippen LogP) is 4.18. The van der Waals surface area contributed by atoms with Crippen molar-refractivity contribution in [2.45, 2.75) is 12.2 Å². The molecule has 0 saturated carbocycles. The second-order valence-electron chi connectivity index (χ2n) is 4.42. The molecule has 0 aliphatic heterocycles. The summed E-state index contributed by atoms with van der Waals surface area (Å²) >= 11 is 3.44. The minimum absolute atomic E-state index is 0.175. The molecule has 1 unspecified atom stereocenters. The van der Waals surface area contributed by atoms with Crippen molar-refractivity contribution in [1.82, 2.24) is 0 Å². The van der Waals surface area contributed by atoms with Gasteiger partial charge in [-0.05, 0) is 22.4 Å². The smallest absolute Gasteiger partial charge is 0.370 e. The van der Waals surface area contributed by atoms with E-state index in [0.717, 1.165) is 20.8 Å². The molecule has 2 aromatic carbocycles. The highest BCUT2D eigenvalue weighted by molar-refractivity contribution is 9.10. The Hall–Kier alpha value is -1.11. The maximum atomic E-state index is 12.0. The first-order valence-electron chi connectivity index (χ1n) is 5.96. The van der Waals surface area contributed by atoms with E-state index in [0.29, 0.717) is 0 Å². The SMILES string of the molecule is NC(COCC(F)(F)F)c1ccc(Br)c2ccccc12. The Labute approximate surface area is 122 Å². The number of hydrogen-bond acceptors (Lipinski definition) is 2. The van der Waals surface area contributed by atoms with Crippen LogP contribution in [-0.4, -0.2) is 19.4 Å². The molecule has 0 amide bonds. The summed E-state index contributed by atoms with van der Waals surface area (Å²) < 4.78 is 41.7. The lowest BCUT2D eigenvalue weighted by Gasteiger charge is -2.16. The topological polar surface area (TPSA) is 35.2 Å². The maximum absolute atomic E-state index is 12.0. The predicted molar refractivity (Wildman–Crippen MR) is 75.5 cm³/mol. The second-order valence-corrected chi connectivity index (χ2v) is 5.27. The van der Waals surface area contributed by atoms with Crippen LogP contribution in [0.1, 0.15) is 11.6 Å². The number of alkyl halides is 3. The number of fused-ring (bicyclic) bond motifs is 1. The van der Waals surface area contributed by atoms with Gasteiger partial charge in [0.2, 0.25) is 0 Å². The third-order valence-corrected chi connectivity index (χ3v) is 3.56. The average Bonchev–Trinajstić information content (AvgIpc) is 2.38. The van der Waals surface area contributed by atoms with Gasteiger partial charge in [0.15, 0.2) is 0 Å². The Kier molecular flexibility index (Phi) is 4.67. The Morgan fingerprint density at radius 3 is 2.40 bits per heavy atom. The number of hydrogen-bond donors (Lipinski definition) is 1. The van der Waals surface area contributed by atoms with Gasteiger partial charge >= 0.3 is 6.18 Å². The molecule has 20 heavy (non-hydrogen) atoms. The number of benzene rings is 2. The molecular formula is C14H13BrF3NO. The molecule has 0 radical (unpaired) electrons. The summed E-state index contributed by atoms with van der Waals surface area (Å²) in [6.07, 6.45) is -4.33. The molecule has 0 aromatic heterocycles. The molecule has 0 fully saturated rings. The van der Waals surface area contributed by atoms with Crippen LogP contribution in [0.3, 0.4) is 0 Å². The molecule has 1 atom stereocenters. The van der Waals surface area contributed by atoms with Gasteiger partial charge in [0.1, 0.15) is 6.61 Å². The van der Waals surface area contributed by atoms with E-state index < -0.39 is 18.8 Å². The summed E-state index contributed by atoms with van der Waals surface area (Å²) in [5.74, 6) is 0. The van der Waals surface area contributed by atoms with Crippen molar-refractivity contribution in [2.75, 3.05) is 13.2 Å². The summed E-state index contributed by atoms with van der Waals surface area (Å²) in [5, 5.41) is 1.88. The van der Waals surface area contributed by atoms with Crippen LogP contribution in [0.2, 0.25) is 0 Å². The van der Waals surface area contributed by atoms with Crippen molar-refractivity contribution in [3.8, 4) is 0 Å². The van der Waals surface area contributed by atoms with E-state index in [-0.39, 0.29) is 6.61 Å². The lowest BCUT2D eigenvalue weighted by molar-refractivity contribution is -0.174. The maximum Gasteiger partial charge on any atom is 0.411 e. The molecule has 6 heteroatoms. The van der Waals surface area contributed by atoms with Gasteiger partial charge in [0, 0.05) is 4.47 Å². The first kappa shape index (κ1) is 15.3. The van der Waals surface area contributed by atoms with Crippen LogP contribution >= 0.6 is 15.9 Å². The monoisotopic (exact) mass is 347 g/mol. The van der Waals surface area contributed by atoms with Crippen LogP contribution in [0.25, 0.3) is 10.8 Å². The van der Waals surface area contributed by atoms with E-state index in [1.54, 1.807) is 6.07 Å². The van der Waals surface area contributed by atoms with Gasteiger partial charge in [-0.2, -0.15) is 13.2 Å². The zero-order valence-corrected chi connectivity index (χ0v) is 12.0. The molecule has 0 spiro atoms. The fraction of sp³-hybridized carbons (Fsp3) is 0.286. The summed E-state index contributed by atoms with van der Waals surface area (Å²) in [6, 6.07) is 10.6. The van der Waals surface area contributed by atoms with E-state index in [1.165, 1.54) is 0 Å². The molecule has 0 aliphatic carbocycles. The minimum Gasteiger partial charge on any atom is -0.370 e. The third kappa shape index (κ3) is 3.71. The Balaban J connectivity index is 2.18. The molecule has 108 valence electrons. The van der Waals surface area contributed by atoms with Gasteiger partial charge in [0.05, 0.1) is 12.6 Å². The molecule has 0 saturated heterocycles. The highest BCUT2D eigenvalue weighted by Gasteiger charge is 2.27. The van der Waals surface area contributed by atoms with Gasteiger partial charge < -0.3 is 10.5 Å². The van der Waals surface area contributed by atoms with Crippen molar-refractivity contribution in [1.29, 1.82) is 0 Å². The van der Waals surface area contributed by atoms with Crippen molar-refractivity contribution in [3.05, 3.63) is 46.4 Å². The fourth-order valence-corrected chi connectivity index (χ4v) is 2.48. The van der Waals surface area contributed by atoms with Gasteiger partial charge in [0.25, 0.3) is 0 Å². The van der Waals surface area contributed by atoms with Gasteiger partial charge in [-0.25, -0.2) is 0 Å². The number of rotatable bonds is 4. The van der Waals surface area contributed by atoms with Crippen molar-refractivity contribution in [3.63, 3.8) is 0 Å². The molecule has 2 aromatic rings. The summed E-state index contributed by atoms with van der Waals surface area (Å²) in [4.78, 5) is 0. The van der Waals surface area contributed by atoms with Gasteiger partial charge in [-0.15, -0.1) is 0 Å². The summed E-state index contributed by atoms with van der Waals surface area (Å²) in [6.45, 7) is -1.46. The summed E-state index contributed by atoms with van der Waals surface area (Å²) in [5.41, 5.74) is 6.70. The van der Waals surface area contributed by atoms with Crippen LogP contribution in [0.15, 0.2) is 40.9 Å². The molecule has 2 rings (SSSR count). The molecule has 0 aliphatic rings. The second kappa shape index (κ2) is 6.11. The Morgan fingerprint density at radius 2 is 1.75 bits per heavy atom. The number of ether oxygens (including phenoxy) is 1. The highest BCUT2D eigenvalue weighted by Crippen LogP contribution is 2.29. The van der Waals surface area contributed by atoms with Crippen LogP contribution in [-0.2, 0) is 4.74 Å². The fourth-order valence-electron chi connectivity index (χ4n) is 2.00. The normalized spacial score (nSPS) is 13.7. The van der Waals surface area contributed by atoms with Gasteiger partial charge in [-0.3, -0.25) is 0 Å². The Bertz CT molecular complexity index is 600. The Morgan fingerprint density at radius 1 is 1.10 bits per heavy atom. The van der Waals surface area contributed by atoms with Crippen molar-refractivity contribution >= 4 is 26.7 Å². The molecule has 2 nitrogen and oxygen atoms in total. The highest BCUT2D eigenvalue weighted by atomic mass is 79.9. The largest absolute Gasteiger partial charge is 0.411 e. The standard InChI is InChI=1S/C14H13BrF3NO/c15-12-6-5-11(9-3-1-2-4-10(9)12)13(19)7-20-8-14(16,17)18/h1-6,13H,7-8,19H2. The van der Waals surface area contributed by atoms with Gasteiger partial charge in [-0.1, -0.05) is 46.3 Å². The molecule has 2 N–H and O–H groups in total. The lowest BCUT2D eigenvalue weighted by Crippen LogP contribution is -2.23. The van der Waals surface area contributed by atoms with E-state index in [1.807, 2.05) is 30.3 Å². The van der Waals surface area contributed by atoms with Crippen LogP contribution in [0.4, 0.5) is 13.2 Å². The molecule has 0 bridgehead atoms. The quantitative estimate of drug-likeness (QED) is 0.900.